The minimum Gasteiger partial charge on any atom is -0.370 e. The monoisotopic (exact) mass is 185 g/mol. The number of hydrogen-bond donors (Lipinski definition) is 2. The third kappa shape index (κ3) is 2.14. The summed E-state index contributed by atoms with van der Waals surface area (Å²) in [6, 6.07) is 1.99. The Kier molecular flexibility index (Phi) is 2.46. The second-order valence-corrected chi connectivity index (χ2v) is 2.59. The summed E-state index contributed by atoms with van der Waals surface area (Å²) >= 11 is 0. The van der Waals surface area contributed by atoms with Crippen molar-refractivity contribution < 1.29 is 8.78 Å². The quantitative estimate of drug-likeness (QED) is 0.509. The number of hydrogen-bond acceptors (Lipinski definition) is 1. The van der Waals surface area contributed by atoms with Crippen LogP contribution >= 0.6 is 0 Å². The maximum atomic E-state index is 13.0. The zero-order chi connectivity index (χ0) is 10.0. The zero-order valence-electron chi connectivity index (χ0n) is 7.01. The molecule has 0 bridgehead atoms. The van der Waals surface area contributed by atoms with Crippen LogP contribution in [0.1, 0.15) is 5.56 Å². The number of halogens is 2. The highest BCUT2D eigenvalue weighted by atomic mass is 19.1. The highest BCUT2D eigenvalue weighted by Crippen LogP contribution is 2.21. The first-order valence-electron chi connectivity index (χ1n) is 3.56. The van der Waals surface area contributed by atoms with Gasteiger partial charge in [0.1, 0.15) is 17.3 Å². The first kappa shape index (κ1) is 9.44. The second kappa shape index (κ2) is 3.38. The minimum atomic E-state index is -0.646. The first-order valence-corrected chi connectivity index (χ1v) is 3.56. The molecule has 0 spiro atoms. The van der Waals surface area contributed by atoms with E-state index < -0.39 is 11.6 Å². The Morgan fingerprint density at radius 3 is 2.38 bits per heavy atom. The van der Waals surface area contributed by atoms with Gasteiger partial charge in [0.25, 0.3) is 0 Å². The average Bonchev–Trinajstić information content (AvgIpc) is 1.99. The summed E-state index contributed by atoms with van der Waals surface area (Å²) in [6.07, 6.45) is 0. The first-order chi connectivity index (χ1) is 6.00. The van der Waals surface area contributed by atoms with Crippen molar-refractivity contribution >= 4 is 11.6 Å². The number of rotatable bonds is 1. The Balaban J connectivity index is 3.24. The van der Waals surface area contributed by atoms with E-state index in [4.69, 9.17) is 11.5 Å². The van der Waals surface area contributed by atoms with Crippen molar-refractivity contribution in [1.82, 2.24) is 0 Å². The van der Waals surface area contributed by atoms with Crippen LogP contribution in [0.4, 0.5) is 14.5 Å². The molecule has 0 fully saturated rings. The van der Waals surface area contributed by atoms with E-state index in [1.807, 2.05) is 0 Å². The van der Waals surface area contributed by atoms with Gasteiger partial charge in [0, 0.05) is 6.07 Å². The van der Waals surface area contributed by atoms with Gasteiger partial charge in [-0.1, -0.05) is 0 Å². The molecule has 5 heteroatoms. The molecule has 0 aliphatic carbocycles. The fraction of sp³-hybridized carbons (Fsp3) is 0.125. The van der Waals surface area contributed by atoms with Crippen LogP contribution in [0.5, 0.6) is 0 Å². The standard InChI is InChI=1S/C8H9F2N3/c1-4-2-6(10)7(3-5(4)9)13-8(11)12/h2-3H,1H3,(H4,11,12,13). The molecule has 0 saturated heterocycles. The number of aryl methyl sites for hydroxylation is 1. The van der Waals surface area contributed by atoms with Crippen molar-refractivity contribution in [3.63, 3.8) is 0 Å². The molecule has 4 N–H and O–H groups in total. The minimum absolute atomic E-state index is 0.192. The smallest absolute Gasteiger partial charge is 0.191 e. The fourth-order valence-corrected chi connectivity index (χ4v) is 0.861. The van der Waals surface area contributed by atoms with Gasteiger partial charge in [0.05, 0.1) is 0 Å². The highest BCUT2D eigenvalue weighted by molar-refractivity contribution is 5.79. The van der Waals surface area contributed by atoms with Crippen molar-refractivity contribution in [3.8, 4) is 0 Å². The highest BCUT2D eigenvalue weighted by Gasteiger charge is 2.05. The van der Waals surface area contributed by atoms with Gasteiger partial charge < -0.3 is 11.5 Å². The van der Waals surface area contributed by atoms with Crippen molar-refractivity contribution in [1.29, 1.82) is 0 Å². The van der Waals surface area contributed by atoms with Crippen LogP contribution < -0.4 is 11.5 Å². The summed E-state index contributed by atoms with van der Waals surface area (Å²) in [7, 11) is 0. The Labute approximate surface area is 74.1 Å². The van der Waals surface area contributed by atoms with Gasteiger partial charge in [0.2, 0.25) is 0 Å². The lowest BCUT2D eigenvalue weighted by atomic mass is 10.2. The van der Waals surface area contributed by atoms with Gasteiger partial charge >= 0.3 is 0 Å². The maximum absolute atomic E-state index is 13.0. The summed E-state index contributed by atoms with van der Waals surface area (Å²) in [5.41, 5.74) is 10.1. The number of aliphatic imine (C=N–C) groups is 1. The molecule has 0 aliphatic heterocycles. The molecule has 0 radical (unpaired) electrons. The van der Waals surface area contributed by atoms with Gasteiger partial charge in [-0.15, -0.1) is 0 Å². The SMILES string of the molecule is Cc1cc(F)c(N=C(N)N)cc1F. The van der Waals surface area contributed by atoms with Crippen LogP contribution in [-0.4, -0.2) is 5.96 Å². The van der Waals surface area contributed by atoms with E-state index >= 15 is 0 Å². The van der Waals surface area contributed by atoms with Gasteiger partial charge in [-0.05, 0) is 18.6 Å². The van der Waals surface area contributed by atoms with Crippen molar-refractivity contribution in [2.75, 3.05) is 0 Å². The van der Waals surface area contributed by atoms with Crippen molar-refractivity contribution in [2.45, 2.75) is 6.92 Å². The number of benzene rings is 1. The lowest BCUT2D eigenvalue weighted by Crippen LogP contribution is -2.22. The Hall–Kier alpha value is -1.65. The van der Waals surface area contributed by atoms with Gasteiger partial charge in [-0.3, -0.25) is 0 Å². The molecule has 3 nitrogen and oxygen atoms in total. The molecule has 70 valence electrons. The van der Waals surface area contributed by atoms with Crippen molar-refractivity contribution in [3.05, 3.63) is 29.3 Å². The predicted molar refractivity (Wildman–Crippen MR) is 46.6 cm³/mol. The van der Waals surface area contributed by atoms with E-state index in [2.05, 4.69) is 4.99 Å². The Bertz CT molecular complexity index is 357. The molecule has 13 heavy (non-hydrogen) atoms. The van der Waals surface area contributed by atoms with Crippen LogP contribution in [0.2, 0.25) is 0 Å². The van der Waals surface area contributed by atoms with Crippen molar-refractivity contribution in [2.24, 2.45) is 16.5 Å². The van der Waals surface area contributed by atoms with E-state index in [-0.39, 0.29) is 17.2 Å². The van der Waals surface area contributed by atoms with E-state index in [1.54, 1.807) is 0 Å². The lowest BCUT2D eigenvalue weighted by Gasteiger charge is -2.00. The molecule has 0 unspecified atom stereocenters. The van der Waals surface area contributed by atoms with Gasteiger partial charge in [0.15, 0.2) is 5.96 Å². The zero-order valence-corrected chi connectivity index (χ0v) is 7.01. The molecule has 0 atom stereocenters. The summed E-state index contributed by atoms with van der Waals surface area (Å²) in [6.45, 7) is 1.46. The molecule has 0 heterocycles. The molecular weight excluding hydrogens is 176 g/mol. The lowest BCUT2D eigenvalue weighted by molar-refractivity contribution is 0.594. The predicted octanol–water partition coefficient (Wildman–Crippen LogP) is 1.18. The molecule has 0 aliphatic rings. The Morgan fingerprint density at radius 2 is 1.85 bits per heavy atom. The Morgan fingerprint density at radius 1 is 1.23 bits per heavy atom. The molecule has 0 amide bonds. The maximum Gasteiger partial charge on any atom is 0.191 e. The largest absolute Gasteiger partial charge is 0.370 e. The average molecular weight is 185 g/mol. The number of nitrogens with two attached hydrogens (primary N) is 2. The molecular formula is C8H9F2N3. The molecule has 0 aromatic heterocycles. The van der Waals surface area contributed by atoms with Crippen LogP contribution in [0.25, 0.3) is 0 Å². The van der Waals surface area contributed by atoms with E-state index in [0.717, 1.165) is 12.1 Å². The molecule has 1 aromatic rings. The van der Waals surface area contributed by atoms with Gasteiger partial charge in [-0.2, -0.15) is 0 Å². The van der Waals surface area contributed by atoms with E-state index in [0.29, 0.717) is 0 Å². The topological polar surface area (TPSA) is 64.4 Å². The summed E-state index contributed by atoms with van der Waals surface area (Å²) in [5.74, 6) is -1.49. The van der Waals surface area contributed by atoms with Crippen LogP contribution in [0, 0.1) is 18.6 Å². The number of nitrogens with zero attached hydrogens (tertiary/aromatic N) is 1. The summed E-state index contributed by atoms with van der Waals surface area (Å²) < 4.78 is 25.9. The van der Waals surface area contributed by atoms with Gasteiger partial charge in [-0.25, -0.2) is 13.8 Å². The third-order valence-electron chi connectivity index (χ3n) is 1.48. The molecule has 0 saturated carbocycles. The molecule has 1 rings (SSSR count). The second-order valence-electron chi connectivity index (χ2n) is 2.59. The number of guanidine groups is 1. The van der Waals surface area contributed by atoms with E-state index in [1.165, 1.54) is 6.92 Å². The van der Waals surface area contributed by atoms with Crippen LogP contribution in [-0.2, 0) is 0 Å². The van der Waals surface area contributed by atoms with E-state index in [9.17, 15) is 8.78 Å². The molecule has 1 aromatic carbocycles. The third-order valence-corrected chi connectivity index (χ3v) is 1.48. The fourth-order valence-electron chi connectivity index (χ4n) is 0.861. The van der Waals surface area contributed by atoms with Crippen LogP contribution in [0.3, 0.4) is 0 Å². The summed E-state index contributed by atoms with van der Waals surface area (Å²) in [5, 5.41) is 0. The normalized spacial score (nSPS) is 9.77. The van der Waals surface area contributed by atoms with Crippen LogP contribution in [0.15, 0.2) is 17.1 Å². The summed E-state index contributed by atoms with van der Waals surface area (Å²) in [4.78, 5) is 3.42.